The van der Waals surface area contributed by atoms with Gasteiger partial charge in [-0.15, -0.1) is 0 Å². The molecule has 40 heavy (non-hydrogen) atoms. The second-order valence-corrected chi connectivity index (χ2v) is 11.9. The fourth-order valence-corrected chi connectivity index (χ4v) is 7.50. The Kier molecular flexibility index (Phi) is 9.06. The smallest absolute Gasteiger partial charge is 0.411 e. The van der Waals surface area contributed by atoms with Crippen molar-refractivity contribution in [3.8, 4) is 17.2 Å². The zero-order valence-corrected chi connectivity index (χ0v) is 24.1. The van der Waals surface area contributed by atoms with E-state index in [0.29, 0.717) is 68.1 Å². The van der Waals surface area contributed by atoms with Crippen LogP contribution in [0.1, 0.15) is 52.4 Å². The highest BCUT2D eigenvalue weighted by Crippen LogP contribution is 2.61. The van der Waals surface area contributed by atoms with Crippen LogP contribution < -0.4 is 19.5 Å². The molecular weight excluding hydrogens is 520 g/mol. The molecule has 2 amide bonds. The molecule has 1 unspecified atom stereocenters. The zero-order chi connectivity index (χ0) is 29.2. The Morgan fingerprint density at radius 2 is 1.70 bits per heavy atom. The third-order valence-electron chi connectivity index (χ3n) is 9.75. The largest absolute Gasteiger partial charge is 0.493 e. The van der Waals surface area contributed by atoms with Gasteiger partial charge in [0.1, 0.15) is 6.10 Å². The van der Waals surface area contributed by atoms with Crippen molar-refractivity contribution in [2.45, 2.75) is 70.7 Å². The molecule has 7 atom stereocenters. The van der Waals surface area contributed by atoms with Crippen molar-refractivity contribution in [3.63, 3.8) is 0 Å². The molecule has 4 rings (SSSR count). The molecule has 0 aromatic heterocycles. The summed E-state index contributed by atoms with van der Waals surface area (Å²) in [5.74, 6) is 0.735. The molecule has 1 aromatic carbocycles. The molecule has 2 aliphatic carbocycles. The topological polar surface area (TPSA) is 147 Å². The Hall–Kier alpha value is -2.76. The maximum absolute atomic E-state index is 13.1. The van der Waals surface area contributed by atoms with E-state index in [-0.39, 0.29) is 30.8 Å². The van der Waals surface area contributed by atoms with Gasteiger partial charge in [-0.05, 0) is 49.4 Å². The second-order valence-electron chi connectivity index (χ2n) is 11.9. The highest BCUT2D eigenvalue weighted by molar-refractivity contribution is 5.86. The van der Waals surface area contributed by atoms with Gasteiger partial charge in [0.2, 0.25) is 11.7 Å². The Balaban J connectivity index is 1.50. The van der Waals surface area contributed by atoms with Crippen LogP contribution in [0, 0.1) is 22.7 Å². The summed E-state index contributed by atoms with van der Waals surface area (Å²) in [5, 5.41) is 34.4. The lowest BCUT2D eigenvalue weighted by molar-refractivity contribution is -0.186. The van der Waals surface area contributed by atoms with Gasteiger partial charge in [0.25, 0.3) is 0 Å². The number of nitrogens with one attached hydrogen (secondary N) is 1. The minimum absolute atomic E-state index is 0.0590. The van der Waals surface area contributed by atoms with Gasteiger partial charge in [0.05, 0.1) is 45.8 Å². The first-order chi connectivity index (χ1) is 19.0. The summed E-state index contributed by atoms with van der Waals surface area (Å²) in [7, 11) is 4.47. The van der Waals surface area contributed by atoms with Crippen molar-refractivity contribution in [2.75, 3.05) is 46.3 Å². The average Bonchev–Trinajstić information content (AvgIpc) is 3.38. The number of benzene rings is 1. The third-order valence-corrected chi connectivity index (χ3v) is 9.75. The van der Waals surface area contributed by atoms with E-state index in [4.69, 9.17) is 18.9 Å². The Labute approximate surface area is 235 Å². The van der Waals surface area contributed by atoms with Crippen molar-refractivity contribution in [1.29, 1.82) is 0 Å². The third kappa shape index (κ3) is 5.56. The predicted molar refractivity (Wildman–Crippen MR) is 147 cm³/mol. The van der Waals surface area contributed by atoms with Gasteiger partial charge in [-0.3, -0.25) is 10.1 Å². The molecule has 0 spiro atoms. The Bertz CT molecular complexity index is 1060. The number of nitrogens with zero attached hydrogens (tertiary/aromatic N) is 1. The van der Waals surface area contributed by atoms with Crippen LogP contribution >= 0.6 is 0 Å². The van der Waals surface area contributed by atoms with E-state index in [2.05, 4.69) is 12.2 Å². The molecule has 1 saturated heterocycles. The van der Waals surface area contributed by atoms with Crippen molar-refractivity contribution in [2.24, 2.45) is 22.7 Å². The van der Waals surface area contributed by atoms with E-state index in [1.807, 2.05) is 6.92 Å². The van der Waals surface area contributed by atoms with Gasteiger partial charge in [-0.1, -0.05) is 13.8 Å². The van der Waals surface area contributed by atoms with Gasteiger partial charge in [-0.25, -0.2) is 4.79 Å². The van der Waals surface area contributed by atoms with Crippen LogP contribution in [-0.2, 0) is 9.53 Å². The number of methoxy groups -OCH3 is 3. The second kappa shape index (κ2) is 12.0. The van der Waals surface area contributed by atoms with Crippen LogP contribution in [0.15, 0.2) is 12.1 Å². The van der Waals surface area contributed by atoms with Gasteiger partial charge >= 0.3 is 6.09 Å². The minimum atomic E-state index is -0.773. The number of fused-ring (bicyclic) bond motifs is 1. The zero-order valence-electron chi connectivity index (χ0n) is 24.1. The number of anilines is 1. The lowest BCUT2D eigenvalue weighted by atomic mass is 9.46. The SMILES string of the molecule is COc1cc(NC(=O)O[C@@H]2CC[C@]3(C)C(CC[C@@H](O)[C@H]3CC(=O)N3CC[C@@H](O)C3)[C@]2(C)CO)cc(OC)c1OC. The van der Waals surface area contributed by atoms with Crippen LogP contribution in [0.4, 0.5) is 10.5 Å². The number of β-amino-alcohol motifs (C(OH)–C–C–N with tert-alkyl or cyclic N) is 1. The number of likely N-dealkylation sites (tertiary alicyclic amines) is 1. The van der Waals surface area contributed by atoms with Crippen molar-refractivity contribution in [1.82, 2.24) is 4.90 Å². The number of hydrogen-bond acceptors (Lipinski definition) is 9. The van der Waals surface area contributed by atoms with Gasteiger partial charge in [0.15, 0.2) is 11.5 Å². The number of carbonyl (C=O) groups is 2. The van der Waals surface area contributed by atoms with Crippen LogP contribution in [-0.4, -0.2) is 91.6 Å². The average molecular weight is 565 g/mol. The van der Waals surface area contributed by atoms with Crippen molar-refractivity contribution < 1.29 is 43.9 Å². The lowest BCUT2D eigenvalue weighted by Gasteiger charge is -2.60. The number of ether oxygens (including phenoxy) is 4. The predicted octanol–water partition coefficient (Wildman–Crippen LogP) is 2.80. The summed E-state index contributed by atoms with van der Waals surface area (Å²) in [6.45, 7) is 4.67. The maximum atomic E-state index is 13.1. The van der Waals surface area contributed by atoms with Gasteiger partial charge in [-0.2, -0.15) is 0 Å². The van der Waals surface area contributed by atoms with Crippen LogP contribution in [0.3, 0.4) is 0 Å². The molecular formula is C29H44N2O9. The fraction of sp³-hybridized carbons (Fsp3) is 0.724. The molecule has 4 N–H and O–H groups in total. The first kappa shape index (κ1) is 30.2. The molecule has 224 valence electrons. The maximum Gasteiger partial charge on any atom is 0.411 e. The summed E-state index contributed by atoms with van der Waals surface area (Å²) >= 11 is 0. The van der Waals surface area contributed by atoms with Gasteiger partial charge in [0, 0.05) is 37.1 Å². The number of aliphatic hydroxyl groups is 3. The first-order valence-electron chi connectivity index (χ1n) is 14.0. The molecule has 3 fully saturated rings. The molecule has 0 radical (unpaired) electrons. The van der Waals surface area contributed by atoms with E-state index < -0.39 is 35.2 Å². The van der Waals surface area contributed by atoms with Gasteiger partial charge < -0.3 is 39.2 Å². The van der Waals surface area contributed by atoms with Crippen molar-refractivity contribution >= 4 is 17.7 Å². The Morgan fingerprint density at radius 1 is 1.02 bits per heavy atom. The van der Waals surface area contributed by atoms with E-state index >= 15 is 0 Å². The van der Waals surface area contributed by atoms with Crippen molar-refractivity contribution in [3.05, 3.63) is 12.1 Å². The summed E-state index contributed by atoms with van der Waals surface area (Å²) in [4.78, 5) is 27.9. The lowest BCUT2D eigenvalue weighted by Crippen LogP contribution is -2.61. The molecule has 11 nitrogen and oxygen atoms in total. The molecule has 1 aliphatic heterocycles. The van der Waals surface area contributed by atoms with Crippen LogP contribution in [0.25, 0.3) is 0 Å². The van der Waals surface area contributed by atoms with E-state index in [0.717, 1.165) is 0 Å². The highest BCUT2D eigenvalue weighted by atomic mass is 16.6. The molecule has 1 heterocycles. The van der Waals surface area contributed by atoms with E-state index in [9.17, 15) is 24.9 Å². The van der Waals surface area contributed by atoms with Crippen LogP contribution in [0.5, 0.6) is 17.2 Å². The minimum Gasteiger partial charge on any atom is -0.493 e. The highest BCUT2D eigenvalue weighted by Gasteiger charge is 2.60. The Morgan fingerprint density at radius 3 is 2.25 bits per heavy atom. The summed E-state index contributed by atoms with van der Waals surface area (Å²) in [6.07, 6.45) is 0.641. The summed E-state index contributed by atoms with van der Waals surface area (Å²) in [5.41, 5.74) is -0.807. The first-order valence-corrected chi connectivity index (χ1v) is 14.0. The molecule has 2 saturated carbocycles. The number of aliphatic hydroxyl groups excluding tert-OH is 3. The fourth-order valence-electron chi connectivity index (χ4n) is 7.50. The monoisotopic (exact) mass is 564 g/mol. The standard InChI is InChI=1S/C29H44N2O9/c1-28-10-8-24(40-27(36)30-17-12-21(37-3)26(39-5)22(13-17)38-4)29(2,16-32)23(28)7-6-20(34)19(28)14-25(35)31-11-9-18(33)15-31/h12-13,18-20,23-24,32-34H,6-11,14-16H2,1-5H3,(H,30,36)/t18-,19-,20-,23?,24-,28+,29+/m1/s1. The van der Waals surface area contributed by atoms with E-state index in [1.165, 1.54) is 21.3 Å². The van der Waals surface area contributed by atoms with Crippen LogP contribution in [0.2, 0.25) is 0 Å². The molecule has 3 aliphatic rings. The number of rotatable bonds is 8. The molecule has 11 heteroatoms. The number of hydrogen-bond donors (Lipinski definition) is 4. The summed E-state index contributed by atoms with van der Waals surface area (Å²) in [6, 6.07) is 3.21. The normalized spacial score (nSPS) is 33.6. The number of amides is 2. The molecule has 0 bridgehead atoms. The number of carbonyl (C=O) groups excluding carboxylic acids is 2. The summed E-state index contributed by atoms with van der Waals surface area (Å²) < 4.78 is 22.0. The molecule has 1 aromatic rings. The quantitative estimate of drug-likeness (QED) is 0.374. The van der Waals surface area contributed by atoms with E-state index in [1.54, 1.807) is 17.0 Å².